The molecule has 5 aliphatic rings. The smallest absolute Gasteiger partial charge is 0.392 e. The SMILES string of the molecule is COC(=O)[C@@]12OC[C@]34C([C@@H](O)[C@H]1O)[C@@]1(C)CC(=O)C(OC(=O)CC(C)C(F)(F)F)=C(C)C1C[C@H]3OC(=O)[C@H](O)[C@@H]24. The molecule has 14 heteroatoms. The van der Waals surface area contributed by atoms with E-state index in [2.05, 4.69) is 0 Å². The molecule has 2 bridgehead atoms. The van der Waals surface area contributed by atoms with E-state index in [1.54, 1.807) is 6.92 Å². The van der Waals surface area contributed by atoms with Gasteiger partial charge in [0, 0.05) is 17.8 Å². The van der Waals surface area contributed by atoms with E-state index < -0.39 is 107 Å². The molecule has 3 unspecified atom stereocenters. The summed E-state index contributed by atoms with van der Waals surface area (Å²) < 4.78 is 60.4. The molecule has 2 saturated carbocycles. The minimum absolute atomic E-state index is 0.00447. The molecule has 11 atom stereocenters. The third-order valence-electron chi connectivity index (χ3n) is 10.1. The molecule has 1 spiro atoms. The van der Waals surface area contributed by atoms with Crippen molar-refractivity contribution in [3.8, 4) is 0 Å². The first-order valence-electron chi connectivity index (χ1n) is 13.0. The summed E-state index contributed by atoms with van der Waals surface area (Å²) in [5.74, 6) is -9.64. The highest BCUT2D eigenvalue weighted by atomic mass is 19.4. The van der Waals surface area contributed by atoms with Gasteiger partial charge in [0.2, 0.25) is 0 Å². The maximum Gasteiger partial charge on any atom is 0.392 e. The number of aliphatic hydroxyl groups is 3. The van der Waals surface area contributed by atoms with E-state index in [9.17, 15) is 47.7 Å². The Morgan fingerprint density at radius 1 is 1.18 bits per heavy atom. The van der Waals surface area contributed by atoms with Crippen molar-refractivity contribution in [1.82, 2.24) is 0 Å². The maximum absolute atomic E-state index is 13.4. The van der Waals surface area contributed by atoms with Crippen LogP contribution in [0.4, 0.5) is 13.2 Å². The lowest BCUT2D eigenvalue weighted by atomic mass is 9.38. The van der Waals surface area contributed by atoms with Crippen LogP contribution in [0.5, 0.6) is 0 Å². The van der Waals surface area contributed by atoms with Crippen LogP contribution in [0, 0.1) is 34.5 Å². The van der Waals surface area contributed by atoms with Crippen molar-refractivity contribution in [1.29, 1.82) is 0 Å². The van der Waals surface area contributed by atoms with Crippen LogP contribution in [0.25, 0.3) is 0 Å². The van der Waals surface area contributed by atoms with Gasteiger partial charge in [-0.05, 0) is 30.3 Å². The van der Waals surface area contributed by atoms with Crippen LogP contribution in [0.2, 0.25) is 0 Å². The van der Waals surface area contributed by atoms with Crippen LogP contribution < -0.4 is 0 Å². The highest BCUT2D eigenvalue weighted by Gasteiger charge is 2.84. The van der Waals surface area contributed by atoms with E-state index in [4.69, 9.17) is 18.9 Å². The Kier molecular flexibility index (Phi) is 6.50. The molecule has 0 aromatic carbocycles. The Morgan fingerprint density at radius 3 is 2.42 bits per heavy atom. The molecule has 0 aromatic rings. The van der Waals surface area contributed by atoms with Crippen LogP contribution in [0.1, 0.15) is 40.0 Å². The van der Waals surface area contributed by atoms with Gasteiger partial charge in [-0.15, -0.1) is 0 Å². The standard InChI is InChI=1S/C26H31F3O11/c1-9(26(27,28)29)5-14(31)40-17-10(2)11-6-13-24-8-38-25(22(36)37-4,19(24)16(33)21(35)39-13)20(34)15(32)18(24)23(11,3)7-12(17)30/h9,11,13,15-16,18-20,32-34H,5-8H2,1-4H3/t9?,11?,13-,15-,16-,18?,19-,20-,23+,24-,25+/m1/s1. The molecule has 2 aliphatic heterocycles. The van der Waals surface area contributed by atoms with E-state index in [1.165, 1.54) is 6.92 Å². The molecular weight excluding hydrogens is 545 g/mol. The minimum Gasteiger partial charge on any atom is -0.467 e. The quantitative estimate of drug-likeness (QED) is 0.316. The van der Waals surface area contributed by atoms with Gasteiger partial charge in [0.1, 0.15) is 12.2 Å². The summed E-state index contributed by atoms with van der Waals surface area (Å²) >= 11 is 0. The normalized spacial score (nSPS) is 44.8. The van der Waals surface area contributed by atoms with Crippen molar-refractivity contribution in [2.75, 3.05) is 13.7 Å². The number of ketones is 1. The van der Waals surface area contributed by atoms with Gasteiger partial charge in [-0.25, -0.2) is 9.59 Å². The number of methoxy groups -OCH3 is 1. The zero-order valence-electron chi connectivity index (χ0n) is 22.2. The predicted molar refractivity (Wildman–Crippen MR) is 122 cm³/mol. The lowest BCUT2D eigenvalue weighted by Gasteiger charge is -2.67. The molecule has 0 aromatic heterocycles. The monoisotopic (exact) mass is 576 g/mol. The molecule has 5 rings (SSSR count). The average Bonchev–Trinajstić information content (AvgIpc) is 3.17. The lowest BCUT2D eigenvalue weighted by molar-refractivity contribution is -0.289. The second-order valence-electron chi connectivity index (χ2n) is 12.0. The molecule has 11 nitrogen and oxygen atoms in total. The number of carbonyl (C=O) groups excluding carboxylic acids is 4. The molecular formula is C26H31F3O11. The Bertz CT molecular complexity index is 1200. The number of allylic oxidation sites excluding steroid dienone is 2. The van der Waals surface area contributed by atoms with Gasteiger partial charge in [0.05, 0.1) is 38.1 Å². The molecule has 0 radical (unpaired) electrons. The molecule has 3 aliphatic carbocycles. The summed E-state index contributed by atoms with van der Waals surface area (Å²) in [4.78, 5) is 51.6. The summed E-state index contributed by atoms with van der Waals surface area (Å²) in [5.41, 5.74) is -4.65. The van der Waals surface area contributed by atoms with Crippen molar-refractivity contribution in [3.63, 3.8) is 0 Å². The van der Waals surface area contributed by atoms with Crippen LogP contribution >= 0.6 is 0 Å². The molecule has 3 N–H and O–H groups in total. The number of esters is 3. The fourth-order valence-corrected chi connectivity index (χ4v) is 8.41. The molecule has 222 valence electrons. The number of rotatable bonds is 4. The van der Waals surface area contributed by atoms with Crippen molar-refractivity contribution >= 4 is 23.7 Å². The van der Waals surface area contributed by atoms with Crippen molar-refractivity contribution < 1.29 is 66.6 Å². The maximum atomic E-state index is 13.4. The van der Waals surface area contributed by atoms with Gasteiger partial charge in [-0.2, -0.15) is 13.2 Å². The molecule has 40 heavy (non-hydrogen) atoms. The number of fused-ring (bicyclic) bond motifs is 2. The van der Waals surface area contributed by atoms with Crippen LogP contribution in [-0.4, -0.2) is 88.9 Å². The van der Waals surface area contributed by atoms with Gasteiger partial charge >= 0.3 is 24.1 Å². The van der Waals surface area contributed by atoms with E-state index >= 15 is 0 Å². The van der Waals surface area contributed by atoms with E-state index in [-0.39, 0.29) is 25.0 Å². The highest BCUT2D eigenvalue weighted by Crippen LogP contribution is 2.72. The molecule has 4 fully saturated rings. The first-order chi connectivity index (χ1) is 18.5. The van der Waals surface area contributed by atoms with Crippen LogP contribution in [-0.2, 0) is 38.1 Å². The first-order valence-corrected chi connectivity index (χ1v) is 13.0. The first kappa shape index (κ1) is 29.0. The van der Waals surface area contributed by atoms with Crippen molar-refractivity contribution in [2.24, 2.45) is 34.5 Å². The lowest BCUT2D eigenvalue weighted by Crippen LogP contribution is -2.79. The molecule has 2 heterocycles. The Hall–Kier alpha value is -2.55. The van der Waals surface area contributed by atoms with Gasteiger partial charge in [-0.1, -0.05) is 13.8 Å². The zero-order chi connectivity index (χ0) is 29.7. The second-order valence-corrected chi connectivity index (χ2v) is 12.0. The van der Waals surface area contributed by atoms with Crippen LogP contribution in [0.15, 0.2) is 11.3 Å². The topological polar surface area (TPSA) is 166 Å². The fraction of sp³-hybridized carbons (Fsp3) is 0.769. The van der Waals surface area contributed by atoms with Gasteiger partial charge in [0.25, 0.3) is 0 Å². The summed E-state index contributed by atoms with van der Waals surface area (Å²) in [6.45, 7) is 3.65. The third-order valence-corrected chi connectivity index (χ3v) is 10.1. The largest absolute Gasteiger partial charge is 0.467 e. The number of halogens is 3. The van der Waals surface area contributed by atoms with Gasteiger partial charge < -0.3 is 34.3 Å². The summed E-state index contributed by atoms with van der Waals surface area (Å²) in [6, 6.07) is 0. The Morgan fingerprint density at radius 2 is 1.82 bits per heavy atom. The number of hydrogen-bond acceptors (Lipinski definition) is 11. The van der Waals surface area contributed by atoms with Gasteiger partial charge in [-0.3, -0.25) is 9.59 Å². The number of hydrogen-bond donors (Lipinski definition) is 3. The highest BCUT2D eigenvalue weighted by molar-refractivity contribution is 5.98. The summed E-state index contributed by atoms with van der Waals surface area (Å²) in [7, 11) is 1.03. The third kappa shape index (κ3) is 3.51. The zero-order valence-corrected chi connectivity index (χ0v) is 22.2. The van der Waals surface area contributed by atoms with Crippen molar-refractivity contribution in [3.05, 3.63) is 11.3 Å². The second kappa shape index (κ2) is 8.97. The number of aliphatic hydroxyl groups excluding tert-OH is 3. The fourth-order valence-electron chi connectivity index (χ4n) is 8.41. The van der Waals surface area contributed by atoms with E-state index in [0.717, 1.165) is 14.0 Å². The number of Topliss-reactive ketones (excluding diaryl/α,β-unsaturated/α-hetero) is 1. The van der Waals surface area contributed by atoms with E-state index in [1.807, 2.05) is 0 Å². The molecule has 0 amide bonds. The summed E-state index contributed by atoms with van der Waals surface area (Å²) in [6.07, 6.45) is -12.6. The van der Waals surface area contributed by atoms with Crippen LogP contribution in [0.3, 0.4) is 0 Å². The number of carbonyl (C=O) groups is 4. The minimum atomic E-state index is -4.64. The predicted octanol–water partition coefficient (Wildman–Crippen LogP) is 0.574. The summed E-state index contributed by atoms with van der Waals surface area (Å²) in [5, 5.41) is 33.9. The van der Waals surface area contributed by atoms with Gasteiger partial charge in [0.15, 0.2) is 23.2 Å². The average molecular weight is 577 g/mol. The van der Waals surface area contributed by atoms with Crippen molar-refractivity contribution in [2.45, 2.75) is 76.2 Å². The van der Waals surface area contributed by atoms with E-state index in [0.29, 0.717) is 0 Å². The Balaban J connectivity index is 1.58. The molecule has 2 saturated heterocycles. The Labute approximate surface area is 226 Å². The number of alkyl halides is 3. The number of ether oxygens (including phenoxy) is 4.